The highest BCUT2D eigenvalue weighted by molar-refractivity contribution is 5.53. The van der Waals surface area contributed by atoms with Crippen molar-refractivity contribution in [2.24, 2.45) is 0 Å². The van der Waals surface area contributed by atoms with Gasteiger partial charge in [-0.15, -0.1) is 0 Å². The van der Waals surface area contributed by atoms with Crippen molar-refractivity contribution in [1.29, 1.82) is 5.26 Å². The van der Waals surface area contributed by atoms with Gasteiger partial charge in [0.1, 0.15) is 23.0 Å². The Hall–Kier alpha value is -3.20. The van der Waals surface area contributed by atoms with Gasteiger partial charge in [-0.05, 0) is 36.8 Å². The maximum Gasteiger partial charge on any atom is 0.245 e. The zero-order valence-electron chi connectivity index (χ0n) is 14.3. The minimum Gasteiger partial charge on any atom is -0.439 e. The number of anilines is 1. The zero-order valence-corrected chi connectivity index (χ0v) is 14.3. The van der Waals surface area contributed by atoms with E-state index in [1.165, 1.54) is 12.1 Å². The standard InChI is InChI=1S/C20H17FN4O/c1-13-5-7-25(16-9-14(11-22)8-15(21)10-16)12-18-19(13)26-20(24-18)17-4-2-3-6-23-17/h2-4,6,8-10,13H,5,7,12H2,1H3. The molecule has 0 amide bonds. The summed E-state index contributed by atoms with van der Waals surface area (Å²) in [4.78, 5) is 11.0. The lowest BCUT2D eigenvalue weighted by Crippen LogP contribution is -2.23. The zero-order chi connectivity index (χ0) is 18.1. The van der Waals surface area contributed by atoms with Gasteiger partial charge in [-0.3, -0.25) is 4.98 Å². The van der Waals surface area contributed by atoms with Crippen molar-refractivity contribution in [1.82, 2.24) is 9.97 Å². The minimum absolute atomic E-state index is 0.198. The number of pyridine rings is 1. The third-order valence-corrected chi connectivity index (χ3v) is 4.61. The Labute approximate surface area is 150 Å². The number of aromatic nitrogens is 2. The van der Waals surface area contributed by atoms with Crippen LogP contribution >= 0.6 is 0 Å². The molecule has 1 aliphatic heterocycles. The number of rotatable bonds is 2. The molecule has 130 valence electrons. The molecule has 0 bridgehead atoms. The van der Waals surface area contributed by atoms with Crippen LogP contribution in [0.25, 0.3) is 11.6 Å². The minimum atomic E-state index is -0.411. The number of nitriles is 1. The maximum absolute atomic E-state index is 13.8. The Morgan fingerprint density at radius 1 is 1.31 bits per heavy atom. The van der Waals surface area contributed by atoms with Gasteiger partial charge in [0.05, 0.1) is 18.2 Å². The third kappa shape index (κ3) is 3.04. The summed E-state index contributed by atoms with van der Waals surface area (Å²) in [5.74, 6) is 1.14. The SMILES string of the molecule is CC1CCN(c2cc(F)cc(C#N)c2)Cc2nc(-c3ccccn3)oc21. The lowest BCUT2D eigenvalue weighted by Gasteiger charge is -2.22. The second-order valence-electron chi connectivity index (χ2n) is 6.47. The van der Waals surface area contributed by atoms with E-state index in [1.807, 2.05) is 29.2 Å². The summed E-state index contributed by atoms with van der Waals surface area (Å²) in [6, 6.07) is 12.0. The van der Waals surface area contributed by atoms with E-state index < -0.39 is 5.82 Å². The maximum atomic E-state index is 13.8. The molecule has 0 N–H and O–H groups in total. The van der Waals surface area contributed by atoms with Gasteiger partial charge >= 0.3 is 0 Å². The van der Waals surface area contributed by atoms with E-state index in [0.29, 0.717) is 29.4 Å². The molecule has 0 radical (unpaired) electrons. The number of benzene rings is 1. The molecular weight excluding hydrogens is 331 g/mol. The van der Waals surface area contributed by atoms with Crippen LogP contribution in [0.15, 0.2) is 47.0 Å². The van der Waals surface area contributed by atoms with Crippen molar-refractivity contribution in [2.75, 3.05) is 11.4 Å². The molecule has 1 unspecified atom stereocenters. The first-order chi connectivity index (χ1) is 12.6. The molecule has 1 aliphatic rings. The predicted octanol–water partition coefficient (Wildman–Crippen LogP) is 4.26. The summed E-state index contributed by atoms with van der Waals surface area (Å²) in [7, 11) is 0. The van der Waals surface area contributed by atoms with Crippen molar-refractivity contribution in [3.63, 3.8) is 0 Å². The van der Waals surface area contributed by atoms with Crippen molar-refractivity contribution in [2.45, 2.75) is 25.8 Å². The monoisotopic (exact) mass is 348 g/mol. The second kappa shape index (κ2) is 6.60. The topological polar surface area (TPSA) is 66.0 Å². The van der Waals surface area contributed by atoms with Crippen LogP contribution in [0.5, 0.6) is 0 Å². The molecule has 0 saturated carbocycles. The summed E-state index contributed by atoms with van der Waals surface area (Å²) in [6.07, 6.45) is 2.55. The molecule has 0 spiro atoms. The van der Waals surface area contributed by atoms with Gasteiger partial charge < -0.3 is 9.32 Å². The molecule has 3 aromatic rings. The Bertz CT molecular complexity index is 977. The highest BCUT2D eigenvalue weighted by atomic mass is 19.1. The fourth-order valence-corrected chi connectivity index (χ4v) is 3.24. The lowest BCUT2D eigenvalue weighted by atomic mass is 10.1. The first kappa shape index (κ1) is 16.3. The second-order valence-corrected chi connectivity index (χ2v) is 6.47. The molecule has 0 fully saturated rings. The van der Waals surface area contributed by atoms with Crippen LogP contribution in [0.3, 0.4) is 0 Å². The number of hydrogen-bond donors (Lipinski definition) is 0. The molecule has 6 heteroatoms. The summed E-state index contributed by atoms with van der Waals surface area (Å²) in [5, 5.41) is 9.10. The van der Waals surface area contributed by atoms with Crippen molar-refractivity contribution >= 4 is 5.69 Å². The summed E-state index contributed by atoms with van der Waals surface area (Å²) in [5.41, 5.74) is 2.52. The normalized spacial score (nSPS) is 16.7. The van der Waals surface area contributed by atoms with Crippen molar-refractivity contribution in [3.8, 4) is 17.7 Å². The van der Waals surface area contributed by atoms with Crippen LogP contribution in [-0.4, -0.2) is 16.5 Å². The van der Waals surface area contributed by atoms with Gasteiger partial charge in [0.15, 0.2) is 0 Å². The van der Waals surface area contributed by atoms with Crippen LogP contribution in [-0.2, 0) is 6.54 Å². The first-order valence-electron chi connectivity index (χ1n) is 8.50. The largest absolute Gasteiger partial charge is 0.439 e. The molecule has 5 nitrogen and oxygen atoms in total. The molecule has 1 aromatic carbocycles. The summed E-state index contributed by atoms with van der Waals surface area (Å²) < 4.78 is 19.9. The fourth-order valence-electron chi connectivity index (χ4n) is 3.24. The van der Waals surface area contributed by atoms with Gasteiger partial charge in [-0.25, -0.2) is 9.37 Å². The Morgan fingerprint density at radius 3 is 2.96 bits per heavy atom. The van der Waals surface area contributed by atoms with Crippen molar-refractivity contribution in [3.05, 3.63) is 65.4 Å². The van der Waals surface area contributed by atoms with Crippen LogP contribution in [0.4, 0.5) is 10.1 Å². The van der Waals surface area contributed by atoms with E-state index in [0.717, 1.165) is 24.4 Å². The van der Waals surface area contributed by atoms with E-state index in [9.17, 15) is 4.39 Å². The van der Waals surface area contributed by atoms with Crippen LogP contribution in [0, 0.1) is 17.1 Å². The number of nitrogens with zero attached hydrogens (tertiary/aromatic N) is 4. The summed E-state index contributed by atoms with van der Waals surface area (Å²) in [6.45, 7) is 3.34. The highest BCUT2D eigenvalue weighted by Gasteiger charge is 2.26. The quantitative estimate of drug-likeness (QED) is 0.692. The average molecular weight is 348 g/mol. The molecule has 2 aromatic heterocycles. The Kier molecular flexibility index (Phi) is 4.13. The number of fused-ring (bicyclic) bond motifs is 1. The van der Waals surface area contributed by atoms with E-state index in [-0.39, 0.29) is 5.92 Å². The van der Waals surface area contributed by atoms with Gasteiger partial charge in [0.2, 0.25) is 5.89 Å². The number of halogens is 1. The third-order valence-electron chi connectivity index (χ3n) is 4.61. The fraction of sp³-hybridized carbons (Fsp3) is 0.250. The molecule has 0 aliphatic carbocycles. The van der Waals surface area contributed by atoms with Gasteiger partial charge in [-0.2, -0.15) is 5.26 Å². The smallest absolute Gasteiger partial charge is 0.245 e. The molecule has 4 rings (SSSR count). The Balaban J connectivity index is 1.70. The molecule has 0 saturated heterocycles. The average Bonchev–Trinajstić information content (AvgIpc) is 3.02. The molecule has 26 heavy (non-hydrogen) atoms. The number of hydrogen-bond acceptors (Lipinski definition) is 5. The van der Waals surface area contributed by atoms with Gasteiger partial charge in [-0.1, -0.05) is 13.0 Å². The molecular formula is C20H17FN4O. The van der Waals surface area contributed by atoms with Crippen LogP contribution in [0.2, 0.25) is 0 Å². The van der Waals surface area contributed by atoms with Crippen molar-refractivity contribution < 1.29 is 8.81 Å². The van der Waals surface area contributed by atoms with E-state index in [4.69, 9.17) is 9.68 Å². The van der Waals surface area contributed by atoms with E-state index in [2.05, 4.69) is 16.9 Å². The predicted molar refractivity (Wildman–Crippen MR) is 94.9 cm³/mol. The van der Waals surface area contributed by atoms with Crippen LogP contribution in [0.1, 0.15) is 36.3 Å². The summed E-state index contributed by atoms with van der Waals surface area (Å²) >= 11 is 0. The van der Waals surface area contributed by atoms with Gasteiger partial charge in [0, 0.05) is 24.3 Å². The number of oxazole rings is 1. The van der Waals surface area contributed by atoms with E-state index >= 15 is 0 Å². The van der Waals surface area contributed by atoms with Gasteiger partial charge in [0.25, 0.3) is 0 Å². The Morgan fingerprint density at radius 2 is 2.19 bits per heavy atom. The molecule has 1 atom stereocenters. The van der Waals surface area contributed by atoms with E-state index in [1.54, 1.807) is 12.3 Å². The lowest BCUT2D eigenvalue weighted by molar-refractivity contribution is 0.472. The highest BCUT2D eigenvalue weighted by Crippen LogP contribution is 2.33. The van der Waals surface area contributed by atoms with Crippen LogP contribution < -0.4 is 4.90 Å². The molecule has 3 heterocycles. The first-order valence-corrected chi connectivity index (χ1v) is 8.50.